The van der Waals surface area contributed by atoms with Gasteiger partial charge in [0.2, 0.25) is 11.8 Å². The number of carbonyl (C=O) groups excluding carboxylic acids is 1. The van der Waals surface area contributed by atoms with E-state index in [0.717, 1.165) is 29.1 Å². The number of anilines is 1. The minimum Gasteiger partial charge on any atom is -0.419 e. The van der Waals surface area contributed by atoms with Crippen molar-refractivity contribution >= 4 is 22.9 Å². The first kappa shape index (κ1) is 24.1. The Morgan fingerprint density at radius 1 is 1.28 bits per heavy atom. The first-order chi connectivity index (χ1) is 17.3. The third-order valence-electron chi connectivity index (χ3n) is 6.32. The quantitative estimate of drug-likeness (QED) is 0.309. The van der Waals surface area contributed by atoms with Crippen LogP contribution in [-0.4, -0.2) is 37.7 Å². The third kappa shape index (κ3) is 4.88. The molecular formula is C26H28N6O3S. The summed E-state index contributed by atoms with van der Waals surface area (Å²) in [6.07, 6.45) is 2.29. The molecule has 0 radical (unpaired) electrons. The number of benzene rings is 2. The van der Waals surface area contributed by atoms with Crippen molar-refractivity contribution in [2.24, 2.45) is 5.73 Å². The van der Waals surface area contributed by atoms with Gasteiger partial charge in [-0.25, -0.2) is 4.98 Å². The van der Waals surface area contributed by atoms with Crippen LogP contribution in [0.5, 0.6) is 0 Å². The smallest absolute Gasteiger partial charge is 0.254 e. The van der Waals surface area contributed by atoms with Crippen LogP contribution in [-0.2, 0) is 12.0 Å². The van der Waals surface area contributed by atoms with Gasteiger partial charge in [0.1, 0.15) is 5.01 Å². The lowest BCUT2D eigenvalue weighted by molar-refractivity contribution is 0.0735. The van der Waals surface area contributed by atoms with E-state index in [1.165, 1.54) is 0 Å². The summed E-state index contributed by atoms with van der Waals surface area (Å²) in [5, 5.41) is 21.0. The topological polar surface area (TPSA) is 130 Å². The molecule has 186 valence electrons. The van der Waals surface area contributed by atoms with Crippen LogP contribution < -0.4 is 11.2 Å². The van der Waals surface area contributed by atoms with Gasteiger partial charge in [-0.3, -0.25) is 15.5 Å². The monoisotopic (exact) mass is 504 g/mol. The summed E-state index contributed by atoms with van der Waals surface area (Å²) in [5.41, 5.74) is 11.1. The summed E-state index contributed by atoms with van der Waals surface area (Å²) in [6.45, 7) is 4.43. The van der Waals surface area contributed by atoms with E-state index in [9.17, 15) is 10.0 Å². The van der Waals surface area contributed by atoms with Gasteiger partial charge in [0.25, 0.3) is 5.91 Å². The van der Waals surface area contributed by atoms with E-state index in [-0.39, 0.29) is 23.7 Å². The molecule has 4 N–H and O–H groups in total. The number of aromatic nitrogens is 3. The fourth-order valence-corrected chi connectivity index (χ4v) is 5.51. The number of hydrogen-bond donors (Lipinski definition) is 3. The van der Waals surface area contributed by atoms with Crippen LogP contribution in [0.3, 0.4) is 0 Å². The normalized spacial score (nSPS) is 17.2. The van der Waals surface area contributed by atoms with Crippen LogP contribution in [0.25, 0.3) is 11.5 Å². The summed E-state index contributed by atoms with van der Waals surface area (Å²) in [6, 6.07) is 14.7. The molecule has 4 aromatic rings. The highest BCUT2D eigenvalue weighted by molar-refractivity contribution is 7.09. The summed E-state index contributed by atoms with van der Waals surface area (Å²) in [4.78, 5) is 20.0. The number of likely N-dealkylation sites (tertiary alicyclic amines) is 1. The molecular weight excluding hydrogens is 476 g/mol. The zero-order valence-corrected chi connectivity index (χ0v) is 21.0. The average molecular weight is 505 g/mol. The second-order valence-electron chi connectivity index (χ2n) is 9.39. The number of nitrogens with zero attached hydrogens (tertiary/aromatic N) is 4. The molecule has 5 rings (SSSR count). The van der Waals surface area contributed by atoms with Crippen molar-refractivity contribution in [3.05, 3.63) is 81.6 Å². The standard InChI is InChI=1S/C26H28N6O3S/c1-16-15-36-23(28-16)21-9-6-10-32(21)24(33)19-11-18(12-20(13-19)31-34)22-29-30-25(35-22)26(2,27)14-17-7-4-3-5-8-17/h3-5,7-8,11-13,15,21,31,34H,6,9-10,14,27H2,1-2H3/t21-,26-/m1/s1. The van der Waals surface area contributed by atoms with Crippen molar-refractivity contribution < 1.29 is 14.4 Å². The molecule has 3 heterocycles. The highest BCUT2D eigenvalue weighted by Crippen LogP contribution is 2.36. The van der Waals surface area contributed by atoms with E-state index in [1.807, 2.05) is 54.5 Å². The number of amides is 1. The second-order valence-corrected chi connectivity index (χ2v) is 10.3. The molecule has 2 aromatic heterocycles. The molecule has 1 fully saturated rings. The van der Waals surface area contributed by atoms with Gasteiger partial charge >= 0.3 is 0 Å². The number of rotatable bonds is 7. The Hall–Kier alpha value is -3.60. The van der Waals surface area contributed by atoms with Crippen molar-refractivity contribution in [1.82, 2.24) is 20.1 Å². The summed E-state index contributed by atoms with van der Waals surface area (Å²) in [5.74, 6) is 0.362. The van der Waals surface area contributed by atoms with Crippen LogP contribution in [0.2, 0.25) is 0 Å². The molecule has 2 aromatic carbocycles. The summed E-state index contributed by atoms with van der Waals surface area (Å²) < 4.78 is 5.97. The van der Waals surface area contributed by atoms with Gasteiger partial charge in [0.15, 0.2) is 0 Å². The fraction of sp³-hybridized carbons (Fsp3) is 0.308. The molecule has 1 aliphatic heterocycles. The van der Waals surface area contributed by atoms with E-state index >= 15 is 0 Å². The summed E-state index contributed by atoms with van der Waals surface area (Å²) >= 11 is 1.57. The Morgan fingerprint density at radius 2 is 2.08 bits per heavy atom. The van der Waals surface area contributed by atoms with Gasteiger partial charge in [-0.1, -0.05) is 30.3 Å². The first-order valence-electron chi connectivity index (χ1n) is 11.8. The lowest BCUT2D eigenvalue weighted by atomic mass is 9.94. The van der Waals surface area contributed by atoms with E-state index < -0.39 is 5.54 Å². The van der Waals surface area contributed by atoms with Crippen LogP contribution in [0.15, 0.2) is 58.3 Å². The maximum atomic E-state index is 13.6. The first-order valence-corrected chi connectivity index (χ1v) is 12.7. The van der Waals surface area contributed by atoms with Gasteiger partial charge in [-0.05, 0) is 56.9 Å². The molecule has 1 amide bonds. The lowest BCUT2D eigenvalue weighted by Crippen LogP contribution is -2.35. The Balaban J connectivity index is 1.42. The zero-order valence-electron chi connectivity index (χ0n) is 20.1. The van der Waals surface area contributed by atoms with E-state index in [1.54, 1.807) is 29.5 Å². The Kier molecular flexibility index (Phi) is 6.57. The lowest BCUT2D eigenvalue weighted by Gasteiger charge is -2.23. The molecule has 0 unspecified atom stereocenters. The van der Waals surface area contributed by atoms with Gasteiger partial charge in [-0.2, -0.15) is 0 Å². The minimum absolute atomic E-state index is 0.0590. The van der Waals surface area contributed by atoms with Crippen molar-refractivity contribution in [3.63, 3.8) is 0 Å². The largest absolute Gasteiger partial charge is 0.419 e. The predicted octanol–water partition coefficient (Wildman–Crippen LogP) is 4.70. The van der Waals surface area contributed by atoms with Gasteiger partial charge in [0, 0.05) is 28.7 Å². The van der Waals surface area contributed by atoms with Crippen molar-refractivity contribution in [2.45, 2.75) is 44.7 Å². The fourth-order valence-electron chi connectivity index (χ4n) is 4.56. The van der Waals surface area contributed by atoms with Crippen LogP contribution in [0, 0.1) is 6.92 Å². The van der Waals surface area contributed by atoms with Crippen molar-refractivity contribution in [1.29, 1.82) is 0 Å². The number of thiazole rings is 1. The molecule has 0 aliphatic carbocycles. The maximum absolute atomic E-state index is 13.6. The molecule has 0 saturated carbocycles. The summed E-state index contributed by atoms with van der Waals surface area (Å²) in [7, 11) is 0. The average Bonchev–Trinajstić information content (AvgIpc) is 3.64. The zero-order chi connectivity index (χ0) is 25.3. The van der Waals surface area contributed by atoms with Gasteiger partial charge in [-0.15, -0.1) is 21.5 Å². The van der Waals surface area contributed by atoms with Gasteiger partial charge < -0.3 is 15.1 Å². The Labute approximate surface area is 213 Å². The Bertz CT molecular complexity index is 1370. The molecule has 10 heteroatoms. The number of carbonyl (C=O) groups is 1. The number of nitrogens with two attached hydrogens (primary N) is 1. The van der Waals surface area contributed by atoms with E-state index in [4.69, 9.17) is 10.2 Å². The van der Waals surface area contributed by atoms with E-state index in [2.05, 4.69) is 20.7 Å². The molecule has 0 bridgehead atoms. The Morgan fingerprint density at radius 3 is 2.81 bits per heavy atom. The van der Waals surface area contributed by atoms with Crippen LogP contribution in [0.4, 0.5) is 5.69 Å². The molecule has 1 aliphatic rings. The van der Waals surface area contributed by atoms with Crippen LogP contribution >= 0.6 is 11.3 Å². The number of hydrogen-bond acceptors (Lipinski definition) is 9. The SMILES string of the molecule is Cc1csc([C@H]2CCCN2C(=O)c2cc(NO)cc(-c3nnc([C@](C)(N)Cc4ccccc4)o3)c2)n1. The number of nitrogens with one attached hydrogen (secondary N) is 1. The van der Waals surface area contributed by atoms with Crippen LogP contribution in [0.1, 0.15) is 58.3 Å². The highest BCUT2D eigenvalue weighted by atomic mass is 32.1. The van der Waals surface area contributed by atoms with Crippen molar-refractivity contribution in [3.8, 4) is 11.5 Å². The van der Waals surface area contributed by atoms with E-state index in [0.29, 0.717) is 29.8 Å². The molecule has 9 nitrogen and oxygen atoms in total. The maximum Gasteiger partial charge on any atom is 0.254 e. The highest BCUT2D eigenvalue weighted by Gasteiger charge is 2.33. The third-order valence-corrected chi connectivity index (χ3v) is 7.38. The molecule has 0 spiro atoms. The predicted molar refractivity (Wildman–Crippen MR) is 137 cm³/mol. The van der Waals surface area contributed by atoms with Gasteiger partial charge in [0.05, 0.1) is 17.3 Å². The molecule has 1 saturated heterocycles. The number of aryl methyl sites for hydroxylation is 1. The molecule has 2 atom stereocenters. The minimum atomic E-state index is -0.882. The second kappa shape index (κ2) is 9.81. The van der Waals surface area contributed by atoms with Crippen molar-refractivity contribution in [2.75, 3.05) is 12.0 Å². The molecule has 36 heavy (non-hydrogen) atoms.